The normalized spacial score (nSPS) is 16.8. The van der Waals surface area contributed by atoms with E-state index in [1.165, 1.54) is 30.5 Å². The number of benzene rings is 3. The monoisotopic (exact) mass is 530 g/mol. The highest BCUT2D eigenvalue weighted by Crippen LogP contribution is 2.46. The van der Waals surface area contributed by atoms with Gasteiger partial charge >= 0.3 is 5.91 Å². The zero-order chi connectivity index (χ0) is 27.1. The molecule has 4 aromatic rings. The van der Waals surface area contributed by atoms with E-state index in [0.29, 0.717) is 39.0 Å². The lowest BCUT2D eigenvalue weighted by Crippen LogP contribution is -2.29. The van der Waals surface area contributed by atoms with Crippen LogP contribution in [0.4, 0.5) is 5.13 Å². The van der Waals surface area contributed by atoms with Gasteiger partial charge in [-0.25, -0.2) is 4.98 Å². The number of hydrogen-bond donors (Lipinski definition) is 1. The lowest BCUT2D eigenvalue weighted by atomic mass is 9.94. The van der Waals surface area contributed by atoms with Gasteiger partial charge in [-0.05, 0) is 73.0 Å². The molecule has 1 aromatic heterocycles. The minimum absolute atomic E-state index is 0.0396. The number of ketones is 1. The molecule has 0 bridgehead atoms. The van der Waals surface area contributed by atoms with E-state index < -0.39 is 17.7 Å². The van der Waals surface area contributed by atoms with Gasteiger partial charge in [-0.1, -0.05) is 23.5 Å². The molecule has 0 aliphatic carbocycles. The van der Waals surface area contributed by atoms with Crippen LogP contribution in [0.25, 0.3) is 16.0 Å². The van der Waals surface area contributed by atoms with E-state index in [9.17, 15) is 14.7 Å². The number of aliphatic hydroxyl groups excluding tert-OH is 1. The van der Waals surface area contributed by atoms with E-state index in [0.717, 1.165) is 15.8 Å². The van der Waals surface area contributed by atoms with Gasteiger partial charge in [-0.3, -0.25) is 14.5 Å². The molecule has 1 unspecified atom stereocenters. The third-order valence-electron chi connectivity index (χ3n) is 6.57. The first-order valence-corrected chi connectivity index (χ1v) is 12.6. The highest BCUT2D eigenvalue weighted by Gasteiger charge is 2.48. The standard InChI is InChI=1S/C29H26N2O6S/c1-15-6-9-19-23(12-15)38-29(30-19)31-25(17-7-11-21(36-4)22(14-17)37-5)24(27(33)28(31)34)26(32)18-8-10-20(35-3)16(2)13-18/h6-14,25,32H,1-5H3/b26-24+. The summed E-state index contributed by atoms with van der Waals surface area (Å²) in [6, 6.07) is 15.1. The predicted octanol–water partition coefficient (Wildman–Crippen LogP) is 5.57. The summed E-state index contributed by atoms with van der Waals surface area (Å²) in [6.07, 6.45) is 0. The SMILES string of the molecule is COc1ccc(/C(O)=C2\C(=O)C(=O)N(c3nc4ccc(C)cc4s3)C2c2ccc(OC)c(OC)c2)cc1C. The first-order valence-electron chi connectivity index (χ1n) is 11.8. The topological polar surface area (TPSA) is 98.2 Å². The van der Waals surface area contributed by atoms with Crippen LogP contribution in [0.2, 0.25) is 0 Å². The third kappa shape index (κ3) is 4.14. The summed E-state index contributed by atoms with van der Waals surface area (Å²) in [5, 5.41) is 11.8. The quantitative estimate of drug-likeness (QED) is 0.198. The number of fused-ring (bicyclic) bond motifs is 1. The van der Waals surface area contributed by atoms with Crippen molar-refractivity contribution in [3.05, 3.63) is 82.4 Å². The molecule has 1 fully saturated rings. The van der Waals surface area contributed by atoms with Crippen LogP contribution in [0.5, 0.6) is 17.2 Å². The van der Waals surface area contributed by atoms with Crippen molar-refractivity contribution >= 4 is 44.1 Å². The lowest BCUT2D eigenvalue weighted by molar-refractivity contribution is -0.132. The number of ether oxygens (including phenoxy) is 3. The molecule has 3 aromatic carbocycles. The number of aryl methyl sites for hydroxylation is 2. The number of rotatable bonds is 6. The van der Waals surface area contributed by atoms with Gasteiger partial charge in [0.1, 0.15) is 11.5 Å². The Morgan fingerprint density at radius 2 is 1.61 bits per heavy atom. The van der Waals surface area contributed by atoms with E-state index in [1.807, 2.05) is 32.0 Å². The summed E-state index contributed by atoms with van der Waals surface area (Å²) >= 11 is 1.31. The lowest BCUT2D eigenvalue weighted by Gasteiger charge is -2.23. The molecule has 8 nitrogen and oxygen atoms in total. The number of hydrogen-bond acceptors (Lipinski definition) is 8. The number of thiazole rings is 1. The molecule has 1 amide bonds. The highest BCUT2D eigenvalue weighted by atomic mass is 32.1. The Labute approximate surface area is 223 Å². The Balaban J connectivity index is 1.74. The second-order valence-electron chi connectivity index (χ2n) is 8.94. The van der Waals surface area contributed by atoms with Crippen molar-refractivity contribution in [2.75, 3.05) is 26.2 Å². The highest BCUT2D eigenvalue weighted by molar-refractivity contribution is 7.22. The van der Waals surface area contributed by atoms with Crippen LogP contribution in [0.1, 0.15) is 28.3 Å². The number of nitrogens with zero attached hydrogens (tertiary/aromatic N) is 2. The molecule has 38 heavy (non-hydrogen) atoms. The van der Waals surface area contributed by atoms with Crippen molar-refractivity contribution in [3.63, 3.8) is 0 Å². The van der Waals surface area contributed by atoms with Crippen molar-refractivity contribution in [1.29, 1.82) is 0 Å². The number of aromatic nitrogens is 1. The number of amides is 1. The van der Waals surface area contributed by atoms with Gasteiger partial charge in [0.15, 0.2) is 16.6 Å². The first-order chi connectivity index (χ1) is 18.3. The van der Waals surface area contributed by atoms with Crippen molar-refractivity contribution < 1.29 is 28.9 Å². The van der Waals surface area contributed by atoms with Crippen LogP contribution < -0.4 is 19.1 Å². The van der Waals surface area contributed by atoms with Gasteiger partial charge in [0, 0.05) is 5.56 Å². The van der Waals surface area contributed by atoms with E-state index >= 15 is 0 Å². The van der Waals surface area contributed by atoms with E-state index in [-0.39, 0.29) is 11.3 Å². The number of aliphatic hydroxyl groups is 1. The fourth-order valence-corrected chi connectivity index (χ4v) is 5.76. The maximum absolute atomic E-state index is 13.5. The average Bonchev–Trinajstić information content (AvgIpc) is 3.45. The van der Waals surface area contributed by atoms with Gasteiger partial charge < -0.3 is 19.3 Å². The van der Waals surface area contributed by atoms with Crippen LogP contribution in [-0.2, 0) is 9.59 Å². The Kier molecular flexibility index (Phi) is 6.54. The molecule has 1 saturated heterocycles. The predicted molar refractivity (Wildman–Crippen MR) is 146 cm³/mol. The Hall–Kier alpha value is -4.37. The van der Waals surface area contributed by atoms with E-state index in [2.05, 4.69) is 4.98 Å². The molecule has 1 N–H and O–H groups in total. The van der Waals surface area contributed by atoms with Crippen molar-refractivity contribution in [2.24, 2.45) is 0 Å². The summed E-state index contributed by atoms with van der Waals surface area (Å²) in [5.74, 6) is -0.291. The second-order valence-corrected chi connectivity index (χ2v) is 9.94. The van der Waals surface area contributed by atoms with Gasteiger partial charge in [0.2, 0.25) is 0 Å². The summed E-state index contributed by atoms with van der Waals surface area (Å²) in [5.41, 5.74) is 3.46. The molecule has 0 radical (unpaired) electrons. The van der Waals surface area contributed by atoms with Gasteiger partial charge in [-0.15, -0.1) is 0 Å². The number of carbonyl (C=O) groups is 2. The average molecular weight is 531 g/mol. The van der Waals surface area contributed by atoms with Crippen LogP contribution in [0.3, 0.4) is 0 Å². The maximum Gasteiger partial charge on any atom is 0.301 e. The van der Waals surface area contributed by atoms with Crippen molar-refractivity contribution in [2.45, 2.75) is 19.9 Å². The summed E-state index contributed by atoms with van der Waals surface area (Å²) in [7, 11) is 4.59. The molecule has 1 atom stereocenters. The number of Topliss-reactive ketones (excluding diaryl/α,β-unsaturated/α-hetero) is 1. The molecule has 194 valence electrons. The summed E-state index contributed by atoms with van der Waals surface area (Å²) in [6.45, 7) is 3.81. The second kappa shape index (κ2) is 9.83. The molecule has 0 spiro atoms. The van der Waals surface area contributed by atoms with Crippen LogP contribution in [0, 0.1) is 13.8 Å². The minimum Gasteiger partial charge on any atom is -0.507 e. The fraction of sp³-hybridized carbons (Fsp3) is 0.207. The molecule has 5 rings (SSSR count). The van der Waals surface area contributed by atoms with Crippen LogP contribution >= 0.6 is 11.3 Å². The van der Waals surface area contributed by atoms with E-state index in [1.54, 1.807) is 43.5 Å². The van der Waals surface area contributed by atoms with Crippen LogP contribution in [-0.4, -0.2) is 43.1 Å². The summed E-state index contributed by atoms with van der Waals surface area (Å²) < 4.78 is 17.1. The van der Waals surface area contributed by atoms with Crippen molar-refractivity contribution in [1.82, 2.24) is 4.98 Å². The zero-order valence-corrected chi connectivity index (χ0v) is 22.4. The zero-order valence-electron chi connectivity index (χ0n) is 21.6. The maximum atomic E-state index is 13.5. The minimum atomic E-state index is -0.945. The molecule has 2 heterocycles. The molecular weight excluding hydrogens is 504 g/mol. The Morgan fingerprint density at radius 1 is 0.895 bits per heavy atom. The molecule has 1 aliphatic rings. The van der Waals surface area contributed by atoms with Gasteiger partial charge in [0.25, 0.3) is 5.78 Å². The smallest absolute Gasteiger partial charge is 0.301 e. The Bertz CT molecular complexity index is 1620. The first kappa shape index (κ1) is 25.3. The summed E-state index contributed by atoms with van der Waals surface area (Å²) in [4.78, 5) is 33.1. The number of methoxy groups -OCH3 is 3. The molecule has 0 saturated carbocycles. The van der Waals surface area contributed by atoms with Crippen molar-refractivity contribution in [3.8, 4) is 17.2 Å². The molecule has 9 heteroatoms. The molecular formula is C29H26N2O6S. The number of anilines is 1. The molecule has 1 aliphatic heterocycles. The Morgan fingerprint density at radius 3 is 2.29 bits per heavy atom. The third-order valence-corrected chi connectivity index (χ3v) is 7.59. The van der Waals surface area contributed by atoms with Gasteiger partial charge in [-0.2, -0.15) is 0 Å². The number of carbonyl (C=O) groups excluding carboxylic acids is 2. The largest absolute Gasteiger partial charge is 0.507 e. The van der Waals surface area contributed by atoms with E-state index in [4.69, 9.17) is 14.2 Å². The van der Waals surface area contributed by atoms with Crippen LogP contribution in [0.15, 0.2) is 60.2 Å². The van der Waals surface area contributed by atoms with Gasteiger partial charge in [0.05, 0.1) is 43.2 Å². The fourth-order valence-electron chi connectivity index (χ4n) is 4.67.